The molecule has 0 aliphatic rings. The van der Waals surface area contributed by atoms with Crippen LogP contribution in [0.1, 0.15) is 16.1 Å². The lowest BCUT2D eigenvalue weighted by Gasteiger charge is -2.09. The second kappa shape index (κ2) is 8.24. The van der Waals surface area contributed by atoms with E-state index in [1.54, 1.807) is 56.2 Å². The van der Waals surface area contributed by atoms with E-state index in [1.165, 1.54) is 0 Å². The van der Waals surface area contributed by atoms with E-state index in [1.807, 2.05) is 0 Å². The van der Waals surface area contributed by atoms with Gasteiger partial charge in [-0.3, -0.25) is 9.48 Å². The molecule has 0 radical (unpaired) electrons. The fraction of sp³-hybridized carbons (Fsp3) is 0.278. The summed E-state index contributed by atoms with van der Waals surface area (Å²) in [6.45, 7) is 2.82. The van der Waals surface area contributed by atoms with Gasteiger partial charge in [0.25, 0.3) is 5.91 Å². The Hall–Kier alpha value is -2.84. The molecule has 0 aliphatic heterocycles. The van der Waals surface area contributed by atoms with Gasteiger partial charge in [0.2, 0.25) is 0 Å². The molecule has 0 aliphatic carbocycles. The predicted molar refractivity (Wildman–Crippen MR) is 103 cm³/mol. The molecule has 8 nitrogen and oxygen atoms in total. The normalized spacial score (nSPS) is 10.8. The SMILES string of the molecule is COCCNc1c(-c2noc(C)c2C(=O)Nc2ccc(Cl)cc2)cnn1C. The third kappa shape index (κ3) is 4.12. The maximum atomic E-state index is 12.8. The van der Waals surface area contributed by atoms with Crippen LogP contribution in [-0.2, 0) is 11.8 Å². The van der Waals surface area contributed by atoms with E-state index < -0.39 is 0 Å². The maximum Gasteiger partial charge on any atom is 0.261 e. The Bertz CT molecular complexity index is 933. The van der Waals surface area contributed by atoms with Gasteiger partial charge in [-0.05, 0) is 31.2 Å². The monoisotopic (exact) mass is 389 g/mol. The standard InChI is InChI=1S/C18H20ClN5O3/c1-11-15(18(25)22-13-6-4-12(19)5-7-13)16(23-27-11)14-10-21-24(2)17(14)20-8-9-26-3/h4-7,10,20H,8-9H2,1-3H3,(H,22,25). The minimum Gasteiger partial charge on any atom is -0.383 e. The number of hydrogen-bond acceptors (Lipinski definition) is 6. The zero-order chi connectivity index (χ0) is 19.4. The van der Waals surface area contributed by atoms with Gasteiger partial charge >= 0.3 is 0 Å². The number of nitrogens with one attached hydrogen (secondary N) is 2. The first-order valence-electron chi connectivity index (χ1n) is 8.29. The van der Waals surface area contributed by atoms with Gasteiger partial charge < -0.3 is 19.9 Å². The number of aromatic nitrogens is 3. The van der Waals surface area contributed by atoms with Crippen molar-refractivity contribution in [2.75, 3.05) is 30.9 Å². The largest absolute Gasteiger partial charge is 0.383 e. The van der Waals surface area contributed by atoms with Gasteiger partial charge in [-0.15, -0.1) is 0 Å². The van der Waals surface area contributed by atoms with Crippen LogP contribution in [0.25, 0.3) is 11.3 Å². The summed E-state index contributed by atoms with van der Waals surface area (Å²) in [5.74, 6) is 0.821. The molecular weight excluding hydrogens is 370 g/mol. The molecule has 0 atom stereocenters. The van der Waals surface area contributed by atoms with Crippen LogP contribution in [0.5, 0.6) is 0 Å². The van der Waals surface area contributed by atoms with E-state index in [0.29, 0.717) is 46.4 Å². The number of nitrogens with zero attached hydrogens (tertiary/aromatic N) is 3. The third-order valence-corrected chi connectivity index (χ3v) is 4.24. The number of methoxy groups -OCH3 is 1. The van der Waals surface area contributed by atoms with Crippen LogP contribution >= 0.6 is 11.6 Å². The van der Waals surface area contributed by atoms with Gasteiger partial charge in [0.05, 0.1) is 18.4 Å². The molecule has 2 heterocycles. The summed E-state index contributed by atoms with van der Waals surface area (Å²) in [5.41, 5.74) is 2.08. The molecule has 3 aromatic rings. The van der Waals surface area contributed by atoms with Gasteiger partial charge in [0.15, 0.2) is 0 Å². The molecule has 0 fully saturated rings. The maximum absolute atomic E-state index is 12.8. The highest BCUT2D eigenvalue weighted by Gasteiger charge is 2.25. The molecule has 1 aromatic carbocycles. The highest BCUT2D eigenvalue weighted by Crippen LogP contribution is 2.31. The molecule has 0 saturated carbocycles. The Balaban J connectivity index is 1.91. The van der Waals surface area contributed by atoms with Crippen molar-refractivity contribution in [1.29, 1.82) is 0 Å². The fourth-order valence-corrected chi connectivity index (χ4v) is 2.77. The first kappa shape index (κ1) is 18.9. The average Bonchev–Trinajstić information content (AvgIpc) is 3.20. The predicted octanol–water partition coefficient (Wildman–Crippen LogP) is 3.35. The number of hydrogen-bond donors (Lipinski definition) is 2. The summed E-state index contributed by atoms with van der Waals surface area (Å²) in [7, 11) is 3.44. The zero-order valence-electron chi connectivity index (χ0n) is 15.2. The van der Waals surface area contributed by atoms with Crippen LogP contribution in [0.3, 0.4) is 0 Å². The van der Waals surface area contributed by atoms with Gasteiger partial charge in [-0.1, -0.05) is 16.8 Å². The summed E-state index contributed by atoms with van der Waals surface area (Å²) >= 11 is 5.89. The molecule has 1 amide bonds. The van der Waals surface area contributed by atoms with Crippen molar-refractivity contribution in [3.8, 4) is 11.3 Å². The summed E-state index contributed by atoms with van der Waals surface area (Å²) in [5, 5.41) is 15.0. The third-order valence-electron chi connectivity index (χ3n) is 3.98. The molecule has 27 heavy (non-hydrogen) atoms. The molecule has 2 N–H and O–H groups in total. The molecule has 2 aromatic heterocycles. The van der Waals surface area contributed by atoms with Crippen molar-refractivity contribution in [2.24, 2.45) is 7.05 Å². The molecule has 0 saturated heterocycles. The van der Waals surface area contributed by atoms with Crippen molar-refractivity contribution >= 4 is 29.0 Å². The van der Waals surface area contributed by atoms with Crippen molar-refractivity contribution in [3.05, 3.63) is 46.8 Å². The number of carbonyl (C=O) groups excluding carboxylic acids is 1. The number of carbonyl (C=O) groups is 1. The minimum atomic E-state index is -0.322. The summed E-state index contributed by atoms with van der Waals surface area (Å²) in [6, 6.07) is 6.87. The average molecular weight is 390 g/mol. The molecule has 0 spiro atoms. The second-order valence-electron chi connectivity index (χ2n) is 5.87. The quantitative estimate of drug-likeness (QED) is 0.602. The van der Waals surface area contributed by atoms with Crippen LogP contribution in [-0.4, -0.2) is 41.1 Å². The Morgan fingerprint density at radius 1 is 1.33 bits per heavy atom. The summed E-state index contributed by atoms with van der Waals surface area (Å²) < 4.78 is 12.0. The molecule has 0 unspecified atom stereocenters. The number of aryl methyl sites for hydroxylation is 2. The number of halogens is 1. The first-order chi connectivity index (χ1) is 13.0. The Morgan fingerprint density at radius 2 is 2.07 bits per heavy atom. The lowest BCUT2D eigenvalue weighted by atomic mass is 10.1. The van der Waals surface area contributed by atoms with E-state index in [2.05, 4.69) is 20.9 Å². The Kier molecular flexibility index (Phi) is 5.78. The van der Waals surface area contributed by atoms with E-state index in [-0.39, 0.29) is 5.91 Å². The summed E-state index contributed by atoms with van der Waals surface area (Å²) in [4.78, 5) is 12.8. The van der Waals surface area contributed by atoms with Crippen LogP contribution < -0.4 is 10.6 Å². The van der Waals surface area contributed by atoms with E-state index in [0.717, 1.165) is 5.82 Å². The smallest absolute Gasteiger partial charge is 0.261 e. The molecule has 9 heteroatoms. The summed E-state index contributed by atoms with van der Waals surface area (Å²) in [6.07, 6.45) is 1.64. The van der Waals surface area contributed by atoms with Crippen molar-refractivity contribution < 1.29 is 14.1 Å². The molecule has 3 rings (SSSR count). The molecular formula is C18H20ClN5O3. The van der Waals surface area contributed by atoms with Gasteiger partial charge in [0.1, 0.15) is 22.8 Å². The van der Waals surface area contributed by atoms with Crippen molar-refractivity contribution in [3.63, 3.8) is 0 Å². The fourth-order valence-electron chi connectivity index (χ4n) is 2.64. The zero-order valence-corrected chi connectivity index (χ0v) is 16.0. The number of rotatable bonds is 7. The topological polar surface area (TPSA) is 94.2 Å². The van der Waals surface area contributed by atoms with Gasteiger partial charge in [0, 0.05) is 31.4 Å². The Labute approximate surface area is 161 Å². The van der Waals surface area contributed by atoms with Crippen LogP contribution in [0.2, 0.25) is 5.02 Å². The number of benzene rings is 1. The number of amides is 1. The Morgan fingerprint density at radius 3 is 2.78 bits per heavy atom. The first-order valence-corrected chi connectivity index (χ1v) is 8.67. The number of anilines is 2. The van der Waals surface area contributed by atoms with Crippen LogP contribution in [0.15, 0.2) is 35.0 Å². The van der Waals surface area contributed by atoms with E-state index >= 15 is 0 Å². The lowest BCUT2D eigenvalue weighted by molar-refractivity contribution is 0.102. The van der Waals surface area contributed by atoms with Crippen molar-refractivity contribution in [1.82, 2.24) is 14.9 Å². The number of ether oxygens (including phenoxy) is 1. The molecule has 142 valence electrons. The van der Waals surface area contributed by atoms with Crippen LogP contribution in [0, 0.1) is 6.92 Å². The lowest BCUT2D eigenvalue weighted by Crippen LogP contribution is -2.14. The van der Waals surface area contributed by atoms with Crippen LogP contribution in [0.4, 0.5) is 11.5 Å². The van der Waals surface area contributed by atoms with Gasteiger partial charge in [-0.25, -0.2) is 0 Å². The van der Waals surface area contributed by atoms with E-state index in [9.17, 15) is 4.79 Å². The molecule has 0 bridgehead atoms. The van der Waals surface area contributed by atoms with Gasteiger partial charge in [-0.2, -0.15) is 5.10 Å². The highest BCUT2D eigenvalue weighted by molar-refractivity contribution is 6.30. The minimum absolute atomic E-state index is 0.322. The van der Waals surface area contributed by atoms with E-state index in [4.69, 9.17) is 20.9 Å². The highest BCUT2D eigenvalue weighted by atomic mass is 35.5. The van der Waals surface area contributed by atoms with Crippen molar-refractivity contribution in [2.45, 2.75) is 6.92 Å². The second-order valence-corrected chi connectivity index (χ2v) is 6.31.